The molecule has 2 N–H and O–H groups in total. The highest BCUT2D eigenvalue weighted by atomic mass is 16.4. The van der Waals surface area contributed by atoms with E-state index in [1.807, 2.05) is 0 Å². The first-order chi connectivity index (χ1) is 7.39. The summed E-state index contributed by atoms with van der Waals surface area (Å²) >= 11 is 0. The number of carboxylic acids is 1. The molecule has 1 heterocycles. The maximum Gasteiger partial charge on any atom is 0.317 e. The van der Waals surface area contributed by atoms with Crippen molar-refractivity contribution in [2.24, 2.45) is 5.92 Å². The summed E-state index contributed by atoms with van der Waals surface area (Å²) in [6.45, 7) is 9.91. The minimum atomic E-state index is -0.771. The number of nitrogens with zero attached hydrogens (tertiary/aromatic N) is 1. The van der Waals surface area contributed by atoms with E-state index in [4.69, 9.17) is 5.11 Å². The van der Waals surface area contributed by atoms with Crippen LogP contribution in [0.1, 0.15) is 33.6 Å². The molecule has 0 aromatic carbocycles. The van der Waals surface area contributed by atoms with Gasteiger partial charge in [-0.05, 0) is 59.2 Å². The van der Waals surface area contributed by atoms with E-state index in [0.717, 1.165) is 19.6 Å². The monoisotopic (exact) mass is 228 g/mol. The second kappa shape index (κ2) is 5.64. The molecule has 1 fully saturated rings. The van der Waals surface area contributed by atoms with Gasteiger partial charge < -0.3 is 10.4 Å². The van der Waals surface area contributed by atoms with Crippen LogP contribution in [-0.2, 0) is 4.79 Å². The van der Waals surface area contributed by atoms with Crippen LogP contribution in [0.4, 0.5) is 0 Å². The van der Waals surface area contributed by atoms with Gasteiger partial charge in [0.15, 0.2) is 0 Å². The van der Waals surface area contributed by atoms with Crippen molar-refractivity contribution >= 4 is 5.97 Å². The Morgan fingerprint density at radius 1 is 1.38 bits per heavy atom. The van der Waals surface area contributed by atoms with Crippen molar-refractivity contribution in [3.05, 3.63) is 0 Å². The molecule has 0 atom stereocenters. The van der Waals surface area contributed by atoms with Crippen LogP contribution in [0.15, 0.2) is 0 Å². The molecule has 0 spiro atoms. The molecular weight excluding hydrogens is 204 g/mol. The van der Waals surface area contributed by atoms with Gasteiger partial charge in [0.25, 0.3) is 0 Å². The molecule has 1 rings (SSSR count). The van der Waals surface area contributed by atoms with Crippen LogP contribution >= 0.6 is 0 Å². The second-order valence-corrected chi connectivity index (χ2v) is 5.63. The van der Waals surface area contributed by atoms with Gasteiger partial charge in [0.1, 0.15) is 0 Å². The van der Waals surface area contributed by atoms with E-state index < -0.39 is 5.97 Å². The van der Waals surface area contributed by atoms with Gasteiger partial charge in [-0.25, -0.2) is 0 Å². The molecule has 1 aliphatic rings. The number of piperidine rings is 1. The molecule has 1 saturated heterocycles. The molecule has 0 amide bonds. The zero-order valence-corrected chi connectivity index (χ0v) is 10.6. The number of hydrogen-bond donors (Lipinski definition) is 2. The number of rotatable bonds is 4. The van der Waals surface area contributed by atoms with Crippen LogP contribution in [0.2, 0.25) is 0 Å². The van der Waals surface area contributed by atoms with Gasteiger partial charge in [0.05, 0.1) is 6.54 Å². The summed E-state index contributed by atoms with van der Waals surface area (Å²) in [6, 6.07) is 0. The van der Waals surface area contributed by atoms with Gasteiger partial charge in [-0.15, -0.1) is 0 Å². The summed E-state index contributed by atoms with van der Waals surface area (Å²) in [5.41, 5.74) is 0.263. The summed E-state index contributed by atoms with van der Waals surface area (Å²) in [7, 11) is 0. The average Bonchev–Trinajstić information content (AvgIpc) is 2.16. The van der Waals surface area contributed by atoms with Gasteiger partial charge in [0.2, 0.25) is 0 Å². The van der Waals surface area contributed by atoms with Crippen molar-refractivity contribution in [3.8, 4) is 0 Å². The lowest BCUT2D eigenvalue weighted by Crippen LogP contribution is -2.47. The third-order valence-corrected chi connectivity index (χ3v) is 3.27. The standard InChI is InChI=1S/C12H24N2O2/c1-12(2,3)14-6-4-10(5-7-14)8-13-9-11(15)16/h10,13H,4-9H2,1-3H3,(H,15,16). The normalized spacial score (nSPS) is 19.9. The Balaban J connectivity index is 2.19. The Bertz CT molecular complexity index is 228. The third-order valence-electron chi connectivity index (χ3n) is 3.27. The largest absolute Gasteiger partial charge is 0.480 e. The van der Waals surface area contributed by atoms with Crippen LogP contribution in [0, 0.1) is 5.92 Å². The first-order valence-electron chi connectivity index (χ1n) is 6.07. The third kappa shape index (κ3) is 4.49. The zero-order chi connectivity index (χ0) is 12.2. The minimum Gasteiger partial charge on any atom is -0.480 e. The van der Waals surface area contributed by atoms with E-state index in [0.29, 0.717) is 5.92 Å². The lowest BCUT2D eigenvalue weighted by Gasteiger charge is -2.40. The maximum atomic E-state index is 10.4. The van der Waals surface area contributed by atoms with E-state index in [1.54, 1.807) is 0 Å². The fourth-order valence-corrected chi connectivity index (χ4v) is 2.19. The second-order valence-electron chi connectivity index (χ2n) is 5.63. The van der Waals surface area contributed by atoms with Crippen molar-refractivity contribution in [2.75, 3.05) is 26.2 Å². The van der Waals surface area contributed by atoms with Gasteiger partial charge in [0, 0.05) is 5.54 Å². The molecular formula is C12H24N2O2. The number of likely N-dealkylation sites (tertiary alicyclic amines) is 1. The Kier molecular flexibility index (Phi) is 4.74. The van der Waals surface area contributed by atoms with Crippen molar-refractivity contribution in [3.63, 3.8) is 0 Å². The number of aliphatic carboxylic acids is 1. The smallest absolute Gasteiger partial charge is 0.317 e. The summed E-state index contributed by atoms with van der Waals surface area (Å²) in [5, 5.41) is 11.5. The summed E-state index contributed by atoms with van der Waals surface area (Å²) in [4.78, 5) is 12.9. The number of carbonyl (C=O) groups is 1. The number of nitrogens with one attached hydrogen (secondary N) is 1. The number of hydrogen-bond acceptors (Lipinski definition) is 3. The lowest BCUT2D eigenvalue weighted by atomic mass is 9.93. The number of carboxylic acid groups (broad SMARTS) is 1. The molecule has 16 heavy (non-hydrogen) atoms. The lowest BCUT2D eigenvalue weighted by molar-refractivity contribution is -0.136. The van der Waals surface area contributed by atoms with Gasteiger partial charge in [-0.1, -0.05) is 0 Å². The van der Waals surface area contributed by atoms with Gasteiger partial charge >= 0.3 is 5.97 Å². The molecule has 0 saturated carbocycles. The fourth-order valence-electron chi connectivity index (χ4n) is 2.19. The van der Waals surface area contributed by atoms with E-state index >= 15 is 0 Å². The minimum absolute atomic E-state index is 0.0828. The average molecular weight is 228 g/mol. The highest BCUT2D eigenvalue weighted by Gasteiger charge is 2.26. The fraction of sp³-hybridized carbons (Fsp3) is 0.917. The molecule has 0 aliphatic carbocycles. The molecule has 1 aliphatic heterocycles. The molecule has 0 bridgehead atoms. The predicted molar refractivity (Wildman–Crippen MR) is 64.6 cm³/mol. The van der Waals surface area contributed by atoms with E-state index in [2.05, 4.69) is 31.0 Å². The SMILES string of the molecule is CC(C)(C)N1CCC(CNCC(=O)O)CC1. The van der Waals surface area contributed by atoms with Gasteiger partial charge in [-0.2, -0.15) is 0 Å². The topological polar surface area (TPSA) is 52.6 Å². The Morgan fingerprint density at radius 3 is 2.38 bits per heavy atom. The first kappa shape index (κ1) is 13.5. The van der Waals surface area contributed by atoms with Crippen molar-refractivity contribution in [2.45, 2.75) is 39.2 Å². The first-order valence-corrected chi connectivity index (χ1v) is 6.07. The highest BCUT2D eigenvalue weighted by molar-refractivity contribution is 5.68. The van der Waals surface area contributed by atoms with Gasteiger partial charge in [-0.3, -0.25) is 9.69 Å². The Morgan fingerprint density at radius 2 is 1.94 bits per heavy atom. The summed E-state index contributed by atoms with van der Waals surface area (Å²) in [6.07, 6.45) is 2.34. The van der Waals surface area contributed by atoms with Crippen LogP contribution in [-0.4, -0.2) is 47.7 Å². The molecule has 4 heteroatoms. The zero-order valence-electron chi connectivity index (χ0n) is 10.6. The molecule has 0 aromatic heterocycles. The molecule has 94 valence electrons. The van der Waals surface area contributed by atoms with E-state index in [1.165, 1.54) is 12.8 Å². The summed E-state index contributed by atoms with van der Waals surface area (Å²) in [5.74, 6) is -0.134. The van der Waals surface area contributed by atoms with Crippen molar-refractivity contribution in [1.82, 2.24) is 10.2 Å². The van der Waals surface area contributed by atoms with E-state index in [9.17, 15) is 4.79 Å². The van der Waals surface area contributed by atoms with Crippen LogP contribution in [0.25, 0.3) is 0 Å². The molecule has 0 radical (unpaired) electrons. The van der Waals surface area contributed by atoms with Crippen LogP contribution in [0.3, 0.4) is 0 Å². The predicted octanol–water partition coefficient (Wildman–Crippen LogP) is 1.17. The van der Waals surface area contributed by atoms with Crippen LogP contribution in [0.5, 0.6) is 0 Å². The molecule has 0 aromatic rings. The summed E-state index contributed by atoms with van der Waals surface area (Å²) < 4.78 is 0. The quantitative estimate of drug-likeness (QED) is 0.758. The van der Waals surface area contributed by atoms with Crippen LogP contribution < -0.4 is 5.32 Å². The van der Waals surface area contributed by atoms with Crippen molar-refractivity contribution in [1.29, 1.82) is 0 Å². The highest BCUT2D eigenvalue weighted by Crippen LogP contribution is 2.23. The van der Waals surface area contributed by atoms with E-state index in [-0.39, 0.29) is 12.1 Å². The molecule has 0 unspecified atom stereocenters. The maximum absolute atomic E-state index is 10.4. The van der Waals surface area contributed by atoms with Crippen molar-refractivity contribution < 1.29 is 9.90 Å². The molecule has 4 nitrogen and oxygen atoms in total. The Hall–Kier alpha value is -0.610. The Labute approximate surface area is 98.0 Å².